The van der Waals surface area contributed by atoms with Crippen molar-refractivity contribution in [2.24, 2.45) is 0 Å². The third kappa shape index (κ3) is 3.64. The highest BCUT2D eigenvalue weighted by Crippen LogP contribution is 2.27. The van der Waals surface area contributed by atoms with Gasteiger partial charge in [0.25, 0.3) is 5.69 Å². The fourth-order valence-electron chi connectivity index (χ4n) is 1.88. The lowest BCUT2D eigenvalue weighted by Gasteiger charge is -2.12. The van der Waals surface area contributed by atoms with Gasteiger partial charge in [0.2, 0.25) is 0 Å². The number of methoxy groups -OCH3 is 1. The summed E-state index contributed by atoms with van der Waals surface area (Å²) >= 11 is 5.93. The molecule has 0 aromatic heterocycles. The van der Waals surface area contributed by atoms with Gasteiger partial charge in [0.05, 0.1) is 12.0 Å². The van der Waals surface area contributed by atoms with Crippen LogP contribution in [0.1, 0.15) is 11.1 Å². The van der Waals surface area contributed by atoms with Gasteiger partial charge in [-0.1, -0.05) is 17.7 Å². The molecule has 0 aliphatic heterocycles. The summed E-state index contributed by atoms with van der Waals surface area (Å²) in [5.74, 6) is 1.18. The summed E-state index contributed by atoms with van der Waals surface area (Å²) in [7, 11) is 1.51. The normalized spacial score (nSPS) is 10.2. The molecule has 5 nitrogen and oxygen atoms in total. The minimum atomic E-state index is -0.451. The lowest BCUT2D eigenvalue weighted by molar-refractivity contribution is -0.385. The van der Waals surface area contributed by atoms with Crippen LogP contribution in [0, 0.1) is 17.0 Å². The molecule has 21 heavy (non-hydrogen) atoms. The molecular weight excluding hydrogens is 294 g/mol. The van der Waals surface area contributed by atoms with Crippen molar-refractivity contribution < 1.29 is 14.4 Å². The fourth-order valence-corrected chi connectivity index (χ4v) is 2.04. The highest BCUT2D eigenvalue weighted by atomic mass is 35.5. The number of nitro benzene ring substituents is 1. The van der Waals surface area contributed by atoms with Gasteiger partial charge in [-0.15, -0.1) is 0 Å². The van der Waals surface area contributed by atoms with E-state index in [4.69, 9.17) is 21.1 Å². The van der Waals surface area contributed by atoms with Crippen molar-refractivity contribution in [3.8, 4) is 11.5 Å². The number of benzene rings is 2. The highest BCUT2D eigenvalue weighted by Gasteiger charge is 2.12. The Hall–Kier alpha value is -2.27. The molecule has 0 spiro atoms. The fraction of sp³-hybridized carbons (Fsp3) is 0.200. The van der Waals surface area contributed by atoms with Gasteiger partial charge in [0.1, 0.15) is 18.1 Å². The molecule has 0 aliphatic carbocycles. The average Bonchev–Trinajstić information content (AvgIpc) is 2.47. The number of nitro groups is 1. The summed E-state index contributed by atoms with van der Waals surface area (Å²) in [6.07, 6.45) is 0. The molecular formula is C15H14ClNO4. The Morgan fingerprint density at radius 3 is 2.62 bits per heavy atom. The first-order valence-electron chi connectivity index (χ1n) is 6.21. The molecule has 6 heteroatoms. The second-order valence-electron chi connectivity index (χ2n) is 4.45. The van der Waals surface area contributed by atoms with Crippen molar-refractivity contribution in [1.82, 2.24) is 0 Å². The smallest absolute Gasteiger partial charge is 0.270 e. The van der Waals surface area contributed by atoms with Crippen molar-refractivity contribution in [3.05, 3.63) is 62.7 Å². The van der Waals surface area contributed by atoms with Crippen LogP contribution in [0.15, 0.2) is 36.4 Å². The van der Waals surface area contributed by atoms with Crippen LogP contribution in [0.25, 0.3) is 0 Å². The van der Waals surface area contributed by atoms with Crippen molar-refractivity contribution in [3.63, 3.8) is 0 Å². The molecule has 2 aromatic rings. The Bertz CT molecular complexity index is 673. The molecule has 0 fully saturated rings. The second kappa shape index (κ2) is 6.45. The van der Waals surface area contributed by atoms with E-state index in [1.807, 2.05) is 13.0 Å². The SMILES string of the molecule is COc1ccc([N+](=O)[O-])cc1COc1cc(Cl)ccc1C. The van der Waals surface area contributed by atoms with Crippen LogP contribution in [0.4, 0.5) is 5.69 Å². The summed E-state index contributed by atoms with van der Waals surface area (Å²) in [6.45, 7) is 2.06. The average molecular weight is 308 g/mol. The summed E-state index contributed by atoms with van der Waals surface area (Å²) in [4.78, 5) is 10.4. The molecule has 0 heterocycles. The van der Waals surface area contributed by atoms with Crippen molar-refractivity contribution in [1.29, 1.82) is 0 Å². The quantitative estimate of drug-likeness (QED) is 0.615. The zero-order chi connectivity index (χ0) is 15.4. The molecule has 110 valence electrons. The Balaban J connectivity index is 2.24. The van der Waals surface area contributed by atoms with Crippen LogP contribution in [-0.2, 0) is 6.61 Å². The van der Waals surface area contributed by atoms with E-state index < -0.39 is 4.92 Å². The van der Waals surface area contributed by atoms with Crippen LogP contribution < -0.4 is 9.47 Å². The topological polar surface area (TPSA) is 61.6 Å². The molecule has 0 saturated carbocycles. The van der Waals surface area contributed by atoms with Gasteiger partial charge >= 0.3 is 0 Å². The van der Waals surface area contributed by atoms with Crippen LogP contribution >= 0.6 is 11.6 Å². The largest absolute Gasteiger partial charge is 0.496 e. The maximum absolute atomic E-state index is 10.8. The van der Waals surface area contributed by atoms with Gasteiger partial charge in [-0.3, -0.25) is 10.1 Å². The molecule has 0 radical (unpaired) electrons. The molecule has 0 bridgehead atoms. The van der Waals surface area contributed by atoms with E-state index in [0.29, 0.717) is 22.1 Å². The standard InChI is InChI=1S/C15H14ClNO4/c1-10-3-4-12(16)8-15(10)21-9-11-7-13(17(18)19)5-6-14(11)20-2/h3-8H,9H2,1-2H3. The first-order valence-corrected chi connectivity index (χ1v) is 6.59. The predicted molar refractivity (Wildman–Crippen MR) is 80.2 cm³/mol. The zero-order valence-electron chi connectivity index (χ0n) is 11.6. The maximum Gasteiger partial charge on any atom is 0.270 e. The Morgan fingerprint density at radius 2 is 1.95 bits per heavy atom. The number of rotatable bonds is 5. The minimum absolute atomic E-state index is 0.00258. The van der Waals surface area contributed by atoms with Gasteiger partial charge in [-0.25, -0.2) is 0 Å². The number of non-ortho nitro benzene ring substituents is 1. The monoisotopic (exact) mass is 307 g/mol. The van der Waals surface area contributed by atoms with Crippen LogP contribution in [0.5, 0.6) is 11.5 Å². The van der Waals surface area contributed by atoms with Crippen LogP contribution in [-0.4, -0.2) is 12.0 Å². The molecule has 0 atom stereocenters. The maximum atomic E-state index is 10.8. The zero-order valence-corrected chi connectivity index (χ0v) is 12.4. The lowest BCUT2D eigenvalue weighted by Crippen LogP contribution is -2.01. The van der Waals surface area contributed by atoms with Gasteiger partial charge in [-0.2, -0.15) is 0 Å². The van der Waals surface area contributed by atoms with Gasteiger partial charge in [0.15, 0.2) is 0 Å². The van der Waals surface area contributed by atoms with E-state index in [1.54, 1.807) is 18.2 Å². The number of hydrogen-bond acceptors (Lipinski definition) is 4. The Labute approximate surface area is 127 Å². The minimum Gasteiger partial charge on any atom is -0.496 e. The van der Waals surface area contributed by atoms with E-state index in [9.17, 15) is 10.1 Å². The number of ether oxygens (including phenoxy) is 2. The Kier molecular flexibility index (Phi) is 4.65. The van der Waals surface area contributed by atoms with Gasteiger partial charge in [-0.05, 0) is 30.7 Å². The first kappa shape index (κ1) is 15.1. The second-order valence-corrected chi connectivity index (χ2v) is 4.89. The summed E-state index contributed by atoms with van der Waals surface area (Å²) < 4.78 is 10.9. The van der Waals surface area contributed by atoms with E-state index >= 15 is 0 Å². The highest BCUT2D eigenvalue weighted by molar-refractivity contribution is 6.30. The Morgan fingerprint density at radius 1 is 1.19 bits per heavy atom. The number of aryl methyl sites for hydroxylation is 1. The molecule has 0 unspecified atom stereocenters. The van der Waals surface area contributed by atoms with Crippen molar-refractivity contribution in [2.75, 3.05) is 7.11 Å². The summed E-state index contributed by atoms with van der Waals surface area (Å²) in [6, 6.07) is 9.73. The van der Waals surface area contributed by atoms with Crippen molar-refractivity contribution >= 4 is 17.3 Å². The number of halogens is 1. The summed E-state index contributed by atoms with van der Waals surface area (Å²) in [5, 5.41) is 11.4. The molecule has 2 rings (SSSR count). The van der Waals surface area contributed by atoms with E-state index in [-0.39, 0.29) is 12.3 Å². The number of nitrogens with zero attached hydrogens (tertiary/aromatic N) is 1. The van der Waals surface area contributed by atoms with E-state index in [2.05, 4.69) is 0 Å². The molecule has 0 N–H and O–H groups in total. The van der Waals surface area contributed by atoms with Crippen LogP contribution in [0.3, 0.4) is 0 Å². The summed E-state index contributed by atoms with van der Waals surface area (Å²) in [5.41, 5.74) is 1.53. The molecule has 0 aliphatic rings. The van der Waals surface area contributed by atoms with Gasteiger partial charge < -0.3 is 9.47 Å². The van der Waals surface area contributed by atoms with Gasteiger partial charge in [0, 0.05) is 22.7 Å². The van der Waals surface area contributed by atoms with E-state index in [1.165, 1.54) is 19.2 Å². The molecule has 0 saturated heterocycles. The van der Waals surface area contributed by atoms with E-state index in [0.717, 1.165) is 5.56 Å². The third-order valence-corrected chi connectivity index (χ3v) is 3.24. The van der Waals surface area contributed by atoms with Crippen LogP contribution in [0.2, 0.25) is 5.02 Å². The lowest BCUT2D eigenvalue weighted by atomic mass is 10.2. The first-order chi connectivity index (χ1) is 10.0. The third-order valence-electron chi connectivity index (χ3n) is 3.01. The molecule has 0 amide bonds. The predicted octanol–water partition coefficient (Wildman–Crippen LogP) is 4.14. The molecule has 2 aromatic carbocycles. The number of hydrogen-bond donors (Lipinski definition) is 0. The van der Waals surface area contributed by atoms with Crippen molar-refractivity contribution in [2.45, 2.75) is 13.5 Å².